The number of carbonyl (C=O) groups excluding carboxylic acids is 1. The molecule has 1 amide bonds. The van der Waals surface area contributed by atoms with Gasteiger partial charge in [-0.05, 0) is 35.6 Å². The molecule has 3 N–H and O–H groups in total. The van der Waals surface area contributed by atoms with Crippen LogP contribution in [0.2, 0.25) is 0 Å². The molecule has 0 saturated carbocycles. The number of carbonyl (C=O) groups is 1. The summed E-state index contributed by atoms with van der Waals surface area (Å²) in [5.74, 6) is 0. The smallest absolute Gasteiger partial charge is 0.263 e. The zero-order chi connectivity index (χ0) is 17.8. The van der Waals surface area contributed by atoms with Gasteiger partial charge in [0.25, 0.3) is 6.43 Å². The van der Waals surface area contributed by atoms with E-state index in [1.165, 1.54) is 12.1 Å². The number of likely N-dealkylation sites (tertiary alicyclic amines) is 1. The maximum absolute atomic E-state index is 12.9. The number of hydrogen-bond donors (Lipinski definition) is 1. The van der Waals surface area contributed by atoms with Crippen molar-refractivity contribution in [3.8, 4) is 11.1 Å². The number of hydrogen-bond acceptors (Lipinski definition) is 1. The second-order valence-electron chi connectivity index (χ2n) is 6.64. The van der Waals surface area contributed by atoms with Crippen molar-refractivity contribution in [3.05, 3.63) is 59.7 Å². The van der Waals surface area contributed by atoms with E-state index in [4.69, 9.17) is 0 Å². The lowest BCUT2D eigenvalue weighted by Crippen LogP contribution is -2.71. The molecule has 0 spiro atoms. The Kier molecular flexibility index (Phi) is 5.43. The Morgan fingerprint density at radius 2 is 1.88 bits per heavy atom. The van der Waals surface area contributed by atoms with Crippen LogP contribution in [-0.4, -0.2) is 29.9 Å². The van der Waals surface area contributed by atoms with E-state index < -0.39 is 6.43 Å². The highest BCUT2D eigenvalue weighted by atomic mass is 19.3. The number of alkyl halides is 2. The summed E-state index contributed by atoms with van der Waals surface area (Å²) in [6.45, 7) is 0.774. The average Bonchev–Trinajstić information content (AvgIpc) is 2.64. The predicted octanol–water partition coefficient (Wildman–Crippen LogP) is 3.07. The summed E-state index contributed by atoms with van der Waals surface area (Å²) in [6, 6.07) is 14.7. The van der Waals surface area contributed by atoms with Gasteiger partial charge in [0.15, 0.2) is 0 Å². The van der Waals surface area contributed by atoms with Crippen molar-refractivity contribution >= 4 is 6.41 Å². The van der Waals surface area contributed by atoms with Gasteiger partial charge in [0.1, 0.15) is 6.04 Å². The first-order valence-corrected chi connectivity index (χ1v) is 8.60. The molecule has 3 rings (SSSR count). The van der Waals surface area contributed by atoms with Gasteiger partial charge < -0.3 is 10.6 Å². The normalized spacial score (nSPS) is 20.7. The third-order valence-corrected chi connectivity index (χ3v) is 4.94. The molecule has 132 valence electrons. The Bertz CT molecular complexity index is 735. The van der Waals surface area contributed by atoms with Crippen LogP contribution >= 0.6 is 0 Å². The van der Waals surface area contributed by atoms with E-state index in [1.54, 1.807) is 6.07 Å². The van der Waals surface area contributed by atoms with Crippen LogP contribution in [0, 0.1) is 0 Å². The Morgan fingerprint density at radius 3 is 2.60 bits per heavy atom. The lowest BCUT2D eigenvalue weighted by Gasteiger charge is -2.35. The molecule has 0 bridgehead atoms. The van der Waals surface area contributed by atoms with Crippen LogP contribution < -0.4 is 5.73 Å². The monoisotopic (exact) mass is 345 g/mol. The number of piperidine rings is 1. The minimum atomic E-state index is -2.47. The first kappa shape index (κ1) is 17.5. The van der Waals surface area contributed by atoms with Crippen LogP contribution in [0.15, 0.2) is 48.5 Å². The molecular weight excluding hydrogens is 322 g/mol. The Morgan fingerprint density at radius 1 is 1.16 bits per heavy atom. The van der Waals surface area contributed by atoms with Gasteiger partial charge in [-0.3, -0.25) is 4.79 Å². The quantitative estimate of drug-likeness (QED) is 0.832. The molecule has 1 fully saturated rings. The van der Waals surface area contributed by atoms with Crippen LogP contribution in [0.5, 0.6) is 0 Å². The first-order chi connectivity index (χ1) is 12.1. The molecule has 1 aliphatic heterocycles. The van der Waals surface area contributed by atoms with E-state index in [2.05, 4.69) is 5.73 Å². The van der Waals surface area contributed by atoms with E-state index in [0.717, 1.165) is 48.9 Å². The Hall–Kier alpha value is -2.27. The van der Waals surface area contributed by atoms with E-state index in [-0.39, 0.29) is 17.6 Å². The summed E-state index contributed by atoms with van der Waals surface area (Å²) >= 11 is 0. The van der Waals surface area contributed by atoms with Crippen molar-refractivity contribution in [2.24, 2.45) is 0 Å². The van der Waals surface area contributed by atoms with E-state index >= 15 is 0 Å². The predicted molar refractivity (Wildman–Crippen MR) is 93.0 cm³/mol. The number of amides is 1. The number of quaternary nitrogens is 1. The SMILES string of the molecule is [NH3+]C1CCCN(C=O)C1Cc1cccc(-c2cccc(C(F)F)c2)c1. The molecule has 2 atom stereocenters. The van der Waals surface area contributed by atoms with Gasteiger partial charge in [-0.15, -0.1) is 0 Å². The van der Waals surface area contributed by atoms with E-state index in [0.29, 0.717) is 0 Å². The second kappa shape index (κ2) is 7.74. The van der Waals surface area contributed by atoms with Gasteiger partial charge in [0.2, 0.25) is 6.41 Å². The van der Waals surface area contributed by atoms with Crippen LogP contribution in [0.25, 0.3) is 11.1 Å². The summed E-state index contributed by atoms with van der Waals surface area (Å²) in [6.07, 6.45) is 1.18. The highest BCUT2D eigenvalue weighted by molar-refractivity contribution is 5.65. The van der Waals surface area contributed by atoms with Gasteiger partial charge in [-0.25, -0.2) is 8.78 Å². The summed E-state index contributed by atoms with van der Waals surface area (Å²) in [4.78, 5) is 13.2. The molecular formula is C20H23F2N2O+. The van der Waals surface area contributed by atoms with Gasteiger partial charge in [0.05, 0.1) is 6.04 Å². The van der Waals surface area contributed by atoms with Crippen LogP contribution in [0.3, 0.4) is 0 Å². The highest BCUT2D eigenvalue weighted by Crippen LogP contribution is 2.27. The molecule has 5 heteroatoms. The van der Waals surface area contributed by atoms with Gasteiger partial charge in [-0.1, -0.05) is 42.5 Å². The third-order valence-electron chi connectivity index (χ3n) is 4.94. The summed E-state index contributed by atoms with van der Waals surface area (Å²) in [7, 11) is 0. The van der Waals surface area contributed by atoms with Crippen molar-refractivity contribution in [1.82, 2.24) is 4.90 Å². The van der Waals surface area contributed by atoms with Crippen molar-refractivity contribution in [3.63, 3.8) is 0 Å². The molecule has 1 aliphatic rings. The zero-order valence-corrected chi connectivity index (χ0v) is 14.1. The molecule has 1 heterocycles. The lowest BCUT2D eigenvalue weighted by molar-refractivity contribution is -0.436. The molecule has 2 aromatic rings. The van der Waals surface area contributed by atoms with E-state index in [1.807, 2.05) is 35.2 Å². The van der Waals surface area contributed by atoms with E-state index in [9.17, 15) is 13.6 Å². The standard InChI is InChI=1S/C20H22F2N2O/c21-20(22)17-7-2-6-16(12-17)15-5-1-4-14(10-15)11-19-18(23)8-3-9-24(19)13-25/h1-2,4-7,10,12-13,18-20H,3,8-9,11,23H2/p+1. The lowest BCUT2D eigenvalue weighted by atomic mass is 9.91. The average molecular weight is 345 g/mol. The summed E-state index contributed by atoms with van der Waals surface area (Å²) in [5.41, 5.74) is 7.01. The minimum Gasteiger partial charge on any atom is -0.353 e. The van der Waals surface area contributed by atoms with Crippen molar-refractivity contribution in [2.75, 3.05) is 6.54 Å². The Labute approximate surface area is 146 Å². The third kappa shape index (κ3) is 4.04. The van der Waals surface area contributed by atoms with Crippen LogP contribution in [0.1, 0.15) is 30.4 Å². The molecule has 0 aliphatic carbocycles. The van der Waals surface area contributed by atoms with Gasteiger partial charge in [0, 0.05) is 18.5 Å². The molecule has 0 radical (unpaired) electrons. The van der Waals surface area contributed by atoms with Crippen LogP contribution in [0.4, 0.5) is 8.78 Å². The minimum absolute atomic E-state index is 0.0279. The van der Waals surface area contributed by atoms with Crippen LogP contribution in [-0.2, 0) is 11.2 Å². The summed E-state index contributed by atoms with van der Waals surface area (Å²) < 4.78 is 25.9. The van der Waals surface area contributed by atoms with Gasteiger partial charge in [-0.2, -0.15) is 0 Å². The number of halogens is 2. The molecule has 25 heavy (non-hydrogen) atoms. The highest BCUT2D eigenvalue weighted by Gasteiger charge is 2.30. The maximum atomic E-state index is 12.9. The molecule has 2 unspecified atom stereocenters. The molecule has 1 saturated heterocycles. The Balaban J connectivity index is 1.84. The fourth-order valence-electron chi connectivity index (χ4n) is 3.55. The topological polar surface area (TPSA) is 48.0 Å². The molecule has 3 nitrogen and oxygen atoms in total. The molecule has 2 aromatic carbocycles. The van der Waals surface area contributed by atoms with Crippen molar-refractivity contribution in [2.45, 2.75) is 37.8 Å². The van der Waals surface area contributed by atoms with Crippen molar-refractivity contribution in [1.29, 1.82) is 0 Å². The largest absolute Gasteiger partial charge is 0.353 e. The molecule has 0 aromatic heterocycles. The number of benzene rings is 2. The number of nitrogens with zero attached hydrogens (tertiary/aromatic N) is 1. The van der Waals surface area contributed by atoms with Gasteiger partial charge >= 0.3 is 0 Å². The second-order valence-corrected chi connectivity index (χ2v) is 6.64. The fraction of sp³-hybridized carbons (Fsp3) is 0.350. The maximum Gasteiger partial charge on any atom is 0.263 e. The van der Waals surface area contributed by atoms with Crippen molar-refractivity contribution < 1.29 is 19.3 Å². The zero-order valence-electron chi connectivity index (χ0n) is 14.1. The first-order valence-electron chi connectivity index (χ1n) is 8.60. The fourth-order valence-corrected chi connectivity index (χ4v) is 3.55. The summed E-state index contributed by atoms with van der Waals surface area (Å²) in [5, 5.41) is 0. The number of rotatable bonds is 5.